The van der Waals surface area contributed by atoms with Gasteiger partial charge in [-0.3, -0.25) is 4.21 Å². The summed E-state index contributed by atoms with van der Waals surface area (Å²) in [4.78, 5) is 4.00. The van der Waals surface area contributed by atoms with Gasteiger partial charge >= 0.3 is 0 Å². The van der Waals surface area contributed by atoms with Gasteiger partial charge in [0.1, 0.15) is 5.82 Å². The van der Waals surface area contributed by atoms with Crippen molar-refractivity contribution in [2.75, 3.05) is 19.9 Å². The van der Waals surface area contributed by atoms with Gasteiger partial charge < -0.3 is 19.5 Å². The first kappa shape index (κ1) is 15.4. The van der Waals surface area contributed by atoms with E-state index >= 15 is 0 Å². The van der Waals surface area contributed by atoms with E-state index in [1.807, 2.05) is 0 Å². The molecule has 0 saturated carbocycles. The molecule has 0 fully saturated rings. The van der Waals surface area contributed by atoms with Gasteiger partial charge in [0.25, 0.3) is 0 Å². The number of hydrogen-bond donors (Lipinski definition) is 1. The number of aromatic nitrogens is 2. The number of hydrogen-bond acceptors (Lipinski definition) is 7. The van der Waals surface area contributed by atoms with Gasteiger partial charge in [0.05, 0.1) is 24.9 Å². The molecule has 1 aromatic heterocycles. The molecule has 2 rings (SSSR count). The Balaban J connectivity index is 2.36. The second-order valence-electron chi connectivity index (χ2n) is 4.09. The number of halogens is 1. The maximum Gasteiger partial charge on any atom is 0.242 e. The molecule has 0 bridgehead atoms. The molecule has 1 atom stereocenters. The Bertz CT molecular complexity index is 678. The molecule has 0 aliphatic heterocycles. The highest BCUT2D eigenvalue weighted by Gasteiger charge is 2.18. The zero-order valence-corrected chi connectivity index (χ0v) is 12.0. The van der Waals surface area contributed by atoms with Crippen LogP contribution in [0, 0.1) is 5.82 Å². The highest BCUT2D eigenvalue weighted by Crippen LogP contribution is 2.34. The number of nitrogens with zero attached hydrogens (tertiary/aromatic N) is 3. The van der Waals surface area contributed by atoms with Gasteiger partial charge in [-0.25, -0.2) is 8.70 Å². The molecule has 8 nitrogen and oxygen atoms in total. The van der Waals surface area contributed by atoms with Crippen LogP contribution in [-0.4, -0.2) is 37.4 Å². The highest BCUT2D eigenvalue weighted by atomic mass is 32.2. The smallest absolute Gasteiger partial charge is 0.242 e. The van der Waals surface area contributed by atoms with Crippen LogP contribution in [0.4, 0.5) is 10.1 Å². The summed E-state index contributed by atoms with van der Waals surface area (Å²) in [6, 6.07) is 2.26. The van der Waals surface area contributed by atoms with Crippen molar-refractivity contribution in [2.45, 2.75) is 6.54 Å². The molecule has 1 heterocycles. The van der Waals surface area contributed by atoms with Crippen LogP contribution in [0.3, 0.4) is 0 Å². The van der Waals surface area contributed by atoms with Gasteiger partial charge in [0, 0.05) is 17.3 Å². The van der Waals surface area contributed by atoms with Crippen LogP contribution in [-0.2, 0) is 17.8 Å². The molecule has 114 valence electrons. The molecule has 0 saturated heterocycles. The maximum atomic E-state index is 13.4. The first-order valence-corrected chi connectivity index (χ1v) is 6.72. The molecule has 21 heavy (non-hydrogen) atoms. The summed E-state index contributed by atoms with van der Waals surface area (Å²) < 4.78 is 45.9. The molecule has 0 aliphatic carbocycles. The van der Waals surface area contributed by atoms with Crippen LogP contribution in [0.15, 0.2) is 16.7 Å². The molecule has 0 aliphatic rings. The van der Waals surface area contributed by atoms with Gasteiger partial charge in [0.15, 0.2) is 5.75 Å². The lowest BCUT2D eigenvalue weighted by atomic mass is 10.1. The number of rotatable bonds is 5. The van der Waals surface area contributed by atoms with E-state index in [0.717, 1.165) is 16.4 Å². The van der Waals surface area contributed by atoms with Crippen molar-refractivity contribution in [3.63, 3.8) is 0 Å². The largest absolute Gasteiger partial charge is 0.760 e. The van der Waals surface area contributed by atoms with E-state index in [4.69, 9.17) is 15.0 Å². The Morgan fingerprint density at radius 3 is 2.90 bits per heavy atom. The summed E-state index contributed by atoms with van der Waals surface area (Å²) in [5, 5.41) is 3.67. The summed E-state index contributed by atoms with van der Waals surface area (Å²) in [5.41, 5.74) is 5.97. The highest BCUT2D eigenvalue weighted by molar-refractivity contribution is 7.76. The Morgan fingerprint density at radius 2 is 2.29 bits per heavy atom. The van der Waals surface area contributed by atoms with E-state index < -0.39 is 17.1 Å². The number of benzene rings is 1. The zero-order chi connectivity index (χ0) is 15.6. The van der Waals surface area contributed by atoms with Crippen molar-refractivity contribution in [1.82, 2.24) is 14.4 Å². The van der Waals surface area contributed by atoms with Gasteiger partial charge in [0.2, 0.25) is 11.7 Å². The van der Waals surface area contributed by atoms with Gasteiger partial charge in [-0.2, -0.15) is 4.98 Å². The normalized spacial score (nSPS) is 12.6. The molecule has 0 radical (unpaired) electrons. The summed E-state index contributed by atoms with van der Waals surface area (Å²) in [7, 11) is 2.72. The van der Waals surface area contributed by atoms with Crippen molar-refractivity contribution < 1.29 is 22.4 Å². The van der Waals surface area contributed by atoms with Gasteiger partial charge in [-0.1, -0.05) is 5.16 Å². The Labute approximate surface area is 122 Å². The van der Waals surface area contributed by atoms with Crippen molar-refractivity contribution in [3.8, 4) is 17.1 Å². The van der Waals surface area contributed by atoms with Crippen LogP contribution < -0.4 is 10.5 Å². The minimum atomic E-state index is -2.41. The number of anilines is 1. The lowest BCUT2D eigenvalue weighted by Crippen LogP contribution is -2.20. The van der Waals surface area contributed by atoms with E-state index in [1.165, 1.54) is 14.2 Å². The summed E-state index contributed by atoms with van der Waals surface area (Å²) >= 11 is -2.41. The van der Waals surface area contributed by atoms with Crippen LogP contribution in [0.2, 0.25) is 0 Å². The van der Waals surface area contributed by atoms with Gasteiger partial charge in [-0.15, -0.1) is 0 Å². The fraction of sp³-hybridized carbons (Fsp3) is 0.273. The number of nitrogen functional groups attached to an aromatic ring is 1. The van der Waals surface area contributed by atoms with Crippen LogP contribution >= 0.6 is 0 Å². The topological polar surface area (TPSA) is 118 Å². The summed E-state index contributed by atoms with van der Waals surface area (Å²) in [5.74, 6) is -0.253. The Morgan fingerprint density at radius 1 is 1.57 bits per heavy atom. The average molecular weight is 315 g/mol. The minimum Gasteiger partial charge on any atom is -0.760 e. The third kappa shape index (κ3) is 3.35. The Kier molecular flexibility index (Phi) is 4.50. The third-order valence-corrected chi connectivity index (χ3v) is 3.25. The van der Waals surface area contributed by atoms with E-state index in [0.29, 0.717) is 0 Å². The molecular formula is C11H12FN4O4S-. The lowest BCUT2D eigenvalue weighted by Gasteiger charge is -2.15. The predicted molar refractivity (Wildman–Crippen MR) is 71.0 cm³/mol. The number of nitrogens with two attached hydrogens (primary N) is 1. The fourth-order valence-electron chi connectivity index (χ4n) is 1.68. The van der Waals surface area contributed by atoms with E-state index in [1.54, 1.807) is 0 Å². The molecule has 2 aromatic rings. The first-order valence-electron chi connectivity index (χ1n) is 5.69. The van der Waals surface area contributed by atoms with Crippen molar-refractivity contribution in [2.24, 2.45) is 0 Å². The van der Waals surface area contributed by atoms with E-state index in [2.05, 4.69) is 10.1 Å². The minimum absolute atomic E-state index is 0.0538. The molecule has 0 spiro atoms. The second-order valence-corrected chi connectivity index (χ2v) is 5.15. The van der Waals surface area contributed by atoms with Gasteiger partial charge in [-0.05, 0) is 13.1 Å². The van der Waals surface area contributed by atoms with Crippen LogP contribution in [0.5, 0.6) is 5.75 Å². The van der Waals surface area contributed by atoms with Crippen molar-refractivity contribution in [3.05, 3.63) is 23.8 Å². The molecule has 10 heteroatoms. The summed E-state index contributed by atoms with van der Waals surface area (Å²) in [6.45, 7) is -0.101. The molecule has 1 unspecified atom stereocenters. The van der Waals surface area contributed by atoms with Crippen molar-refractivity contribution in [1.29, 1.82) is 0 Å². The number of methoxy groups -OCH3 is 1. The molecule has 2 N–H and O–H groups in total. The SMILES string of the molecule is COc1c(N)cc(F)cc1-c1noc(CN(C)S(=O)[O-])n1. The number of ether oxygens (including phenoxy) is 1. The van der Waals surface area contributed by atoms with Crippen molar-refractivity contribution >= 4 is 17.0 Å². The van der Waals surface area contributed by atoms with E-state index in [-0.39, 0.29) is 35.3 Å². The maximum absolute atomic E-state index is 13.4. The lowest BCUT2D eigenvalue weighted by molar-refractivity contribution is 0.331. The second kappa shape index (κ2) is 6.16. The zero-order valence-electron chi connectivity index (χ0n) is 11.2. The third-order valence-electron chi connectivity index (χ3n) is 2.61. The standard InChI is InChI=1S/C11H13FN4O4S/c1-16(21(17)18)5-9-14-11(15-20-9)7-3-6(12)4-8(13)10(7)19-2/h3-4H,5,13H2,1-2H3,(H,17,18)/p-1. The van der Waals surface area contributed by atoms with Crippen LogP contribution in [0.25, 0.3) is 11.4 Å². The summed E-state index contributed by atoms with van der Waals surface area (Å²) in [6.07, 6.45) is 0. The average Bonchev–Trinajstić information content (AvgIpc) is 2.86. The fourth-order valence-corrected chi connectivity index (χ4v) is 1.90. The first-order chi connectivity index (χ1) is 9.92. The molecule has 1 aromatic carbocycles. The molecule has 0 amide bonds. The predicted octanol–water partition coefficient (Wildman–Crippen LogP) is 0.692. The Hall–Kier alpha value is -2.04. The van der Waals surface area contributed by atoms with Crippen LogP contribution in [0.1, 0.15) is 5.89 Å². The molecular weight excluding hydrogens is 303 g/mol. The monoisotopic (exact) mass is 315 g/mol. The van der Waals surface area contributed by atoms with E-state index in [9.17, 15) is 13.2 Å². The quantitative estimate of drug-likeness (QED) is 0.637.